The number of rotatable bonds is 4. The predicted molar refractivity (Wildman–Crippen MR) is 96.1 cm³/mol. The van der Waals surface area contributed by atoms with Gasteiger partial charge in [-0.05, 0) is 23.3 Å². The van der Waals surface area contributed by atoms with E-state index < -0.39 is 11.7 Å². The molecule has 0 spiro atoms. The molecule has 0 amide bonds. The number of alkyl halides is 3. The molecular weight excluding hydrogens is 393 g/mol. The maximum Gasteiger partial charge on any atom is 0.416 e. The molecule has 2 aromatic carbocycles. The zero-order valence-electron chi connectivity index (χ0n) is 13.8. The molecule has 3 rings (SSSR count). The van der Waals surface area contributed by atoms with Gasteiger partial charge >= 0.3 is 6.18 Å². The Bertz CT molecular complexity index is 710. The molecule has 1 aliphatic heterocycles. The Kier molecular flexibility index (Phi) is 5.81. The fraction of sp³-hybridized carbons (Fsp3) is 0.368. The monoisotopic (exact) mass is 412 g/mol. The Balaban J connectivity index is 1.58. The minimum absolute atomic E-state index is 0.346. The van der Waals surface area contributed by atoms with Crippen molar-refractivity contribution in [3.63, 3.8) is 0 Å². The first-order valence-electron chi connectivity index (χ1n) is 8.27. The van der Waals surface area contributed by atoms with Crippen LogP contribution in [0.1, 0.15) is 16.7 Å². The molecule has 0 saturated carbocycles. The maximum atomic E-state index is 13.1. The largest absolute Gasteiger partial charge is 0.416 e. The highest BCUT2D eigenvalue weighted by Crippen LogP contribution is 2.32. The van der Waals surface area contributed by atoms with Crippen LogP contribution in [-0.4, -0.2) is 36.0 Å². The van der Waals surface area contributed by atoms with Crippen LogP contribution in [0.3, 0.4) is 0 Å². The summed E-state index contributed by atoms with van der Waals surface area (Å²) in [6.45, 7) is 4.46. The molecule has 1 fully saturated rings. The first kappa shape index (κ1) is 18.4. The lowest BCUT2D eigenvalue weighted by atomic mass is 10.1. The maximum absolute atomic E-state index is 13.1. The summed E-state index contributed by atoms with van der Waals surface area (Å²) in [5.74, 6) is 0. The zero-order valence-corrected chi connectivity index (χ0v) is 15.4. The van der Waals surface area contributed by atoms with Crippen LogP contribution in [-0.2, 0) is 19.3 Å². The Morgan fingerprint density at radius 1 is 0.760 bits per heavy atom. The molecule has 0 aliphatic carbocycles. The van der Waals surface area contributed by atoms with Crippen molar-refractivity contribution >= 4 is 15.9 Å². The Morgan fingerprint density at radius 3 is 1.80 bits per heavy atom. The summed E-state index contributed by atoms with van der Waals surface area (Å²) in [4.78, 5) is 4.44. The summed E-state index contributed by atoms with van der Waals surface area (Å²) >= 11 is 3.56. The minimum atomic E-state index is -4.29. The quantitative estimate of drug-likeness (QED) is 0.712. The molecule has 0 radical (unpaired) electrons. The molecule has 0 aromatic heterocycles. The average molecular weight is 413 g/mol. The molecule has 1 aliphatic rings. The Hall–Kier alpha value is -1.37. The van der Waals surface area contributed by atoms with Crippen LogP contribution >= 0.6 is 15.9 Å². The molecule has 2 nitrogen and oxygen atoms in total. The van der Waals surface area contributed by atoms with Gasteiger partial charge in [0.05, 0.1) is 5.56 Å². The minimum Gasteiger partial charge on any atom is -0.297 e. The molecule has 6 heteroatoms. The number of nitrogens with zero attached hydrogens (tertiary/aromatic N) is 2. The molecule has 1 saturated heterocycles. The van der Waals surface area contributed by atoms with Gasteiger partial charge in [-0.15, -0.1) is 0 Å². The van der Waals surface area contributed by atoms with E-state index in [0.29, 0.717) is 12.1 Å². The predicted octanol–water partition coefficient (Wildman–Crippen LogP) is 4.79. The second-order valence-electron chi connectivity index (χ2n) is 6.30. The summed E-state index contributed by atoms with van der Waals surface area (Å²) in [6.07, 6.45) is -4.29. The second kappa shape index (κ2) is 7.89. The van der Waals surface area contributed by atoms with Crippen LogP contribution in [0.4, 0.5) is 13.2 Å². The van der Waals surface area contributed by atoms with Crippen LogP contribution in [0, 0.1) is 0 Å². The van der Waals surface area contributed by atoms with Crippen molar-refractivity contribution in [3.05, 3.63) is 69.7 Å². The lowest BCUT2D eigenvalue weighted by molar-refractivity contribution is -0.138. The van der Waals surface area contributed by atoms with E-state index in [2.05, 4.69) is 31.8 Å². The molecule has 134 valence electrons. The normalized spacial score (nSPS) is 17.0. The zero-order chi connectivity index (χ0) is 17.9. The topological polar surface area (TPSA) is 6.48 Å². The van der Waals surface area contributed by atoms with Crippen molar-refractivity contribution in [2.45, 2.75) is 19.3 Å². The summed E-state index contributed by atoms with van der Waals surface area (Å²) in [7, 11) is 0. The van der Waals surface area contributed by atoms with E-state index >= 15 is 0 Å². The highest BCUT2D eigenvalue weighted by molar-refractivity contribution is 9.10. The van der Waals surface area contributed by atoms with Crippen LogP contribution in [0.15, 0.2) is 53.0 Å². The summed E-state index contributed by atoms with van der Waals surface area (Å²) in [5, 5.41) is 0. The van der Waals surface area contributed by atoms with E-state index in [-0.39, 0.29) is 0 Å². The third-order valence-corrected chi connectivity index (χ3v) is 5.31. The van der Waals surface area contributed by atoms with Crippen molar-refractivity contribution in [1.29, 1.82) is 0 Å². The summed E-state index contributed by atoms with van der Waals surface area (Å²) in [5.41, 5.74) is 1.07. The number of hydrogen-bond donors (Lipinski definition) is 0. The van der Waals surface area contributed by atoms with E-state index in [9.17, 15) is 13.2 Å². The fourth-order valence-corrected chi connectivity index (χ4v) is 3.56. The van der Waals surface area contributed by atoms with E-state index in [1.807, 2.05) is 18.2 Å². The Labute approximate surface area is 154 Å². The van der Waals surface area contributed by atoms with Gasteiger partial charge in [-0.1, -0.05) is 52.3 Å². The van der Waals surface area contributed by atoms with Crippen LogP contribution in [0.25, 0.3) is 0 Å². The van der Waals surface area contributed by atoms with Gasteiger partial charge in [-0.25, -0.2) is 0 Å². The SMILES string of the molecule is FC(F)(F)c1ccccc1CN1CCN(Cc2ccccc2Br)CC1. The first-order chi connectivity index (χ1) is 11.9. The van der Waals surface area contributed by atoms with Gasteiger partial charge in [0.2, 0.25) is 0 Å². The van der Waals surface area contributed by atoms with Crippen molar-refractivity contribution in [2.24, 2.45) is 0 Å². The van der Waals surface area contributed by atoms with E-state index in [0.717, 1.165) is 37.2 Å². The standard InChI is InChI=1S/C19H20BrF3N2/c20-18-8-4-2-6-16(18)14-25-11-9-24(10-12-25)13-15-5-1-3-7-17(15)19(21,22)23/h1-8H,9-14H2. The van der Waals surface area contributed by atoms with Gasteiger partial charge in [-0.2, -0.15) is 13.2 Å². The molecule has 0 atom stereocenters. The summed E-state index contributed by atoms with van der Waals surface area (Å²) in [6, 6.07) is 14.0. The second-order valence-corrected chi connectivity index (χ2v) is 7.15. The molecule has 25 heavy (non-hydrogen) atoms. The number of halogens is 4. The Morgan fingerprint density at radius 2 is 1.24 bits per heavy atom. The molecule has 0 unspecified atom stereocenters. The van der Waals surface area contributed by atoms with Crippen molar-refractivity contribution in [3.8, 4) is 0 Å². The van der Waals surface area contributed by atoms with Crippen LogP contribution in [0.2, 0.25) is 0 Å². The van der Waals surface area contributed by atoms with E-state index in [4.69, 9.17) is 0 Å². The molecule has 2 aromatic rings. The van der Waals surface area contributed by atoms with Gasteiger partial charge in [0, 0.05) is 43.7 Å². The van der Waals surface area contributed by atoms with Crippen molar-refractivity contribution < 1.29 is 13.2 Å². The van der Waals surface area contributed by atoms with Gasteiger partial charge in [0.15, 0.2) is 0 Å². The molecule has 0 bridgehead atoms. The van der Waals surface area contributed by atoms with E-state index in [1.165, 1.54) is 17.7 Å². The first-order valence-corrected chi connectivity index (χ1v) is 9.06. The number of hydrogen-bond acceptors (Lipinski definition) is 2. The van der Waals surface area contributed by atoms with Crippen LogP contribution < -0.4 is 0 Å². The van der Waals surface area contributed by atoms with Gasteiger partial charge < -0.3 is 0 Å². The van der Waals surface area contributed by atoms with Gasteiger partial charge in [0.25, 0.3) is 0 Å². The third-order valence-electron chi connectivity index (χ3n) is 4.53. The number of benzene rings is 2. The van der Waals surface area contributed by atoms with E-state index in [1.54, 1.807) is 12.1 Å². The third kappa shape index (κ3) is 4.84. The molecule has 0 N–H and O–H groups in total. The lowest BCUT2D eigenvalue weighted by Gasteiger charge is -2.35. The highest BCUT2D eigenvalue weighted by atomic mass is 79.9. The number of piperazine rings is 1. The average Bonchev–Trinajstić information content (AvgIpc) is 2.58. The van der Waals surface area contributed by atoms with Crippen molar-refractivity contribution in [2.75, 3.05) is 26.2 Å². The van der Waals surface area contributed by atoms with Crippen LogP contribution in [0.5, 0.6) is 0 Å². The fourth-order valence-electron chi connectivity index (χ4n) is 3.15. The van der Waals surface area contributed by atoms with Gasteiger partial charge in [0.1, 0.15) is 0 Å². The van der Waals surface area contributed by atoms with Gasteiger partial charge in [-0.3, -0.25) is 9.80 Å². The highest BCUT2D eigenvalue weighted by Gasteiger charge is 2.33. The smallest absolute Gasteiger partial charge is 0.297 e. The molecule has 1 heterocycles. The lowest BCUT2D eigenvalue weighted by Crippen LogP contribution is -2.45. The summed E-state index contributed by atoms with van der Waals surface area (Å²) < 4.78 is 40.4. The molecular formula is C19H20BrF3N2. The van der Waals surface area contributed by atoms with Crippen molar-refractivity contribution in [1.82, 2.24) is 9.80 Å².